The summed E-state index contributed by atoms with van der Waals surface area (Å²) in [6.45, 7) is 4.40. The minimum Gasteiger partial charge on any atom is -0.494 e. The van der Waals surface area contributed by atoms with Gasteiger partial charge in [0.05, 0.1) is 40.6 Å². The molecule has 0 bridgehead atoms. The highest BCUT2D eigenvalue weighted by atomic mass is 35.5. The maximum absolute atomic E-state index is 14.4. The molecule has 4 rings (SSSR count). The van der Waals surface area contributed by atoms with Crippen LogP contribution < -0.4 is 19.6 Å². The van der Waals surface area contributed by atoms with Crippen molar-refractivity contribution in [3.63, 3.8) is 0 Å². The molecule has 2 aromatic carbocycles. The van der Waals surface area contributed by atoms with E-state index in [4.69, 9.17) is 21.1 Å². The third-order valence-corrected chi connectivity index (χ3v) is 6.98. The predicted molar refractivity (Wildman–Crippen MR) is 134 cm³/mol. The van der Waals surface area contributed by atoms with Gasteiger partial charge in [0.15, 0.2) is 4.80 Å². The van der Waals surface area contributed by atoms with Crippen molar-refractivity contribution in [3.8, 4) is 5.75 Å². The van der Waals surface area contributed by atoms with Crippen LogP contribution in [0.3, 0.4) is 0 Å². The molecule has 3 aromatic rings. The molecule has 1 aromatic heterocycles. The quantitative estimate of drug-likeness (QED) is 0.346. The number of halogens is 2. The van der Waals surface area contributed by atoms with Crippen LogP contribution in [0.25, 0.3) is 6.08 Å². The van der Waals surface area contributed by atoms with E-state index in [1.165, 1.54) is 29.9 Å². The van der Waals surface area contributed by atoms with Crippen molar-refractivity contribution >= 4 is 35.0 Å². The first-order chi connectivity index (χ1) is 16.8. The van der Waals surface area contributed by atoms with Gasteiger partial charge in [-0.3, -0.25) is 9.36 Å². The number of carbonyl (C=O) groups excluding carboxylic acids is 1. The van der Waals surface area contributed by atoms with E-state index in [2.05, 4.69) is 11.9 Å². The second-order valence-corrected chi connectivity index (χ2v) is 9.40. The van der Waals surface area contributed by atoms with E-state index in [1.807, 2.05) is 24.3 Å². The number of ether oxygens (including phenoxy) is 2. The highest BCUT2D eigenvalue weighted by molar-refractivity contribution is 7.07. The number of fused-ring (bicyclic) bond motifs is 1. The van der Waals surface area contributed by atoms with Gasteiger partial charge in [0.25, 0.3) is 5.56 Å². The van der Waals surface area contributed by atoms with Gasteiger partial charge in [0.2, 0.25) is 0 Å². The van der Waals surface area contributed by atoms with E-state index in [9.17, 15) is 14.0 Å². The average molecular weight is 515 g/mol. The molecule has 1 aliphatic rings. The SMILES string of the molecule is CCCCOc1ccc(C2C(C(=O)OC)=C(C)N=c3s/c(=C\c4c(F)cccc4Cl)c(=O)n32)cc1. The van der Waals surface area contributed by atoms with Crippen molar-refractivity contribution in [2.75, 3.05) is 13.7 Å². The van der Waals surface area contributed by atoms with Crippen molar-refractivity contribution < 1.29 is 18.7 Å². The summed E-state index contributed by atoms with van der Waals surface area (Å²) in [5.41, 5.74) is 1.11. The number of esters is 1. The summed E-state index contributed by atoms with van der Waals surface area (Å²) in [7, 11) is 1.29. The van der Waals surface area contributed by atoms with Crippen LogP contribution in [-0.4, -0.2) is 24.3 Å². The molecule has 0 amide bonds. The molecule has 6 nitrogen and oxygen atoms in total. The van der Waals surface area contributed by atoms with Crippen molar-refractivity contribution in [3.05, 3.63) is 95.4 Å². The van der Waals surface area contributed by atoms with Crippen LogP contribution in [0.5, 0.6) is 5.75 Å². The Morgan fingerprint density at radius 1 is 1.26 bits per heavy atom. The molecule has 0 aliphatic carbocycles. The first-order valence-electron chi connectivity index (χ1n) is 11.1. The molecule has 1 unspecified atom stereocenters. The summed E-state index contributed by atoms with van der Waals surface area (Å²) in [5.74, 6) is -0.417. The Kier molecular flexibility index (Phi) is 7.52. The van der Waals surface area contributed by atoms with Gasteiger partial charge in [-0.15, -0.1) is 0 Å². The number of aromatic nitrogens is 1. The molecular weight excluding hydrogens is 491 g/mol. The molecule has 0 fully saturated rings. The Morgan fingerprint density at radius 3 is 2.66 bits per heavy atom. The zero-order valence-corrected chi connectivity index (χ0v) is 21.1. The highest BCUT2D eigenvalue weighted by Crippen LogP contribution is 2.31. The van der Waals surface area contributed by atoms with Crippen LogP contribution in [0.4, 0.5) is 4.39 Å². The number of thiazole rings is 1. The van der Waals surface area contributed by atoms with Crippen LogP contribution >= 0.6 is 22.9 Å². The summed E-state index contributed by atoms with van der Waals surface area (Å²) >= 11 is 7.28. The first kappa shape index (κ1) is 24.9. The third-order valence-electron chi connectivity index (χ3n) is 5.66. The lowest BCUT2D eigenvalue weighted by Gasteiger charge is -2.24. The molecule has 1 atom stereocenters. The molecule has 2 heterocycles. The van der Waals surface area contributed by atoms with Gasteiger partial charge in [-0.2, -0.15) is 0 Å². The van der Waals surface area contributed by atoms with Gasteiger partial charge in [0, 0.05) is 5.56 Å². The van der Waals surface area contributed by atoms with Gasteiger partial charge in [0.1, 0.15) is 11.6 Å². The zero-order chi connectivity index (χ0) is 25.1. The second kappa shape index (κ2) is 10.6. The Balaban J connectivity index is 1.87. The molecule has 9 heteroatoms. The summed E-state index contributed by atoms with van der Waals surface area (Å²) < 4.78 is 26.9. The Bertz CT molecular complexity index is 1450. The van der Waals surface area contributed by atoms with Crippen molar-refractivity contribution in [2.24, 2.45) is 4.99 Å². The van der Waals surface area contributed by atoms with Crippen LogP contribution in [0.2, 0.25) is 5.02 Å². The predicted octanol–water partition coefficient (Wildman–Crippen LogP) is 4.38. The largest absolute Gasteiger partial charge is 0.494 e. The number of rotatable bonds is 7. The lowest BCUT2D eigenvalue weighted by Crippen LogP contribution is -2.39. The number of nitrogens with zero attached hydrogens (tertiary/aromatic N) is 2. The minimum absolute atomic E-state index is 0.119. The molecule has 0 spiro atoms. The van der Waals surface area contributed by atoms with E-state index >= 15 is 0 Å². The van der Waals surface area contributed by atoms with E-state index in [1.54, 1.807) is 13.0 Å². The maximum atomic E-state index is 14.4. The lowest BCUT2D eigenvalue weighted by atomic mass is 9.96. The summed E-state index contributed by atoms with van der Waals surface area (Å²) in [5, 5.41) is 0.192. The standard InChI is InChI=1S/C26H24ClFN2O4S/c1-4-5-13-34-17-11-9-16(10-12-17)23-22(25(32)33-3)15(2)29-26-30(23)24(31)21(35-26)14-18-19(27)7-6-8-20(18)28/h6-12,14,23H,4-5,13H2,1-3H3/b21-14-. The number of unbranched alkanes of at least 4 members (excludes halogenated alkanes) is 1. The van der Waals surface area contributed by atoms with Gasteiger partial charge < -0.3 is 9.47 Å². The molecule has 1 aliphatic heterocycles. The molecule has 0 saturated carbocycles. The van der Waals surface area contributed by atoms with Gasteiger partial charge in [-0.05, 0) is 49.2 Å². The summed E-state index contributed by atoms with van der Waals surface area (Å²) in [6, 6.07) is 10.8. The smallest absolute Gasteiger partial charge is 0.338 e. The summed E-state index contributed by atoms with van der Waals surface area (Å²) in [4.78, 5) is 31.2. The molecular formula is C26H24ClFN2O4S. The molecule has 182 valence electrons. The van der Waals surface area contributed by atoms with Gasteiger partial charge >= 0.3 is 5.97 Å². The number of benzene rings is 2. The first-order valence-corrected chi connectivity index (χ1v) is 12.3. The van der Waals surface area contributed by atoms with E-state index < -0.39 is 23.4 Å². The third kappa shape index (κ3) is 4.94. The second-order valence-electron chi connectivity index (χ2n) is 7.98. The topological polar surface area (TPSA) is 69.9 Å². The summed E-state index contributed by atoms with van der Waals surface area (Å²) in [6.07, 6.45) is 3.39. The Hall–Kier alpha value is -3.23. The molecule has 0 N–H and O–H groups in total. The highest BCUT2D eigenvalue weighted by Gasteiger charge is 2.33. The van der Waals surface area contributed by atoms with Crippen molar-refractivity contribution in [2.45, 2.75) is 32.7 Å². The van der Waals surface area contributed by atoms with E-state index in [-0.39, 0.29) is 20.7 Å². The fourth-order valence-electron chi connectivity index (χ4n) is 3.87. The maximum Gasteiger partial charge on any atom is 0.338 e. The average Bonchev–Trinajstić information content (AvgIpc) is 3.15. The van der Waals surface area contributed by atoms with Gasteiger partial charge in [-0.1, -0.05) is 54.5 Å². The van der Waals surface area contributed by atoms with Crippen LogP contribution in [-0.2, 0) is 9.53 Å². The Labute approximate surface area is 210 Å². The van der Waals surface area contributed by atoms with E-state index in [0.717, 1.165) is 24.2 Å². The van der Waals surface area contributed by atoms with Crippen molar-refractivity contribution in [1.82, 2.24) is 4.57 Å². The van der Waals surface area contributed by atoms with Crippen LogP contribution in [0.1, 0.15) is 43.9 Å². The van der Waals surface area contributed by atoms with Crippen LogP contribution in [0, 0.1) is 5.82 Å². The normalized spacial score (nSPS) is 15.6. The van der Waals surface area contributed by atoms with E-state index in [0.29, 0.717) is 28.4 Å². The number of methoxy groups -OCH3 is 1. The minimum atomic E-state index is -0.762. The number of carbonyl (C=O) groups is 1. The fourth-order valence-corrected chi connectivity index (χ4v) is 5.11. The number of allylic oxidation sites excluding steroid dienone is 1. The fraction of sp³-hybridized carbons (Fsp3) is 0.269. The molecule has 35 heavy (non-hydrogen) atoms. The number of hydrogen-bond acceptors (Lipinski definition) is 6. The lowest BCUT2D eigenvalue weighted by molar-refractivity contribution is -0.136. The zero-order valence-electron chi connectivity index (χ0n) is 19.5. The van der Waals surface area contributed by atoms with Crippen LogP contribution in [0.15, 0.2) is 63.5 Å². The number of hydrogen-bond donors (Lipinski definition) is 0. The van der Waals surface area contributed by atoms with Gasteiger partial charge in [-0.25, -0.2) is 14.2 Å². The van der Waals surface area contributed by atoms with Crippen molar-refractivity contribution in [1.29, 1.82) is 0 Å². The Morgan fingerprint density at radius 2 is 2.00 bits per heavy atom. The molecule has 0 radical (unpaired) electrons. The molecule has 0 saturated heterocycles. The monoisotopic (exact) mass is 514 g/mol.